The number of nitrogens with zero attached hydrogens (tertiary/aromatic N) is 1. The molecule has 0 bridgehead atoms. The Morgan fingerprint density at radius 1 is 1.09 bits per heavy atom. The first-order valence-electron chi connectivity index (χ1n) is 11.2. The van der Waals surface area contributed by atoms with Crippen molar-refractivity contribution in [1.82, 2.24) is 4.31 Å². The molecule has 1 aliphatic rings. The highest BCUT2D eigenvalue weighted by molar-refractivity contribution is 9.10. The van der Waals surface area contributed by atoms with Crippen LogP contribution in [-0.4, -0.2) is 47.3 Å². The molecule has 1 saturated carbocycles. The standard InChI is InChI=1S/C24H32BrCl2NO5SSi/c1-24(2,3)35(6,7)33-18-12-16(13-18)28(4)34(29,30)22-14-17(8-9-21(22)31-5)32-23-19(26)10-15(25)11-20(23)27/h8-11,14,16,18H,12-13H2,1-7H3. The number of rotatable bonds is 8. The smallest absolute Gasteiger partial charge is 0.246 e. The van der Waals surface area contributed by atoms with Gasteiger partial charge in [0, 0.05) is 29.7 Å². The van der Waals surface area contributed by atoms with Gasteiger partial charge >= 0.3 is 0 Å². The Morgan fingerprint density at radius 3 is 2.17 bits per heavy atom. The van der Waals surface area contributed by atoms with Crippen LogP contribution in [0.5, 0.6) is 17.2 Å². The summed E-state index contributed by atoms with van der Waals surface area (Å²) in [6.07, 6.45) is 1.38. The summed E-state index contributed by atoms with van der Waals surface area (Å²) in [4.78, 5) is 0.0121. The average Bonchev–Trinajstić information content (AvgIpc) is 2.71. The van der Waals surface area contributed by atoms with Crippen LogP contribution in [0.15, 0.2) is 39.7 Å². The lowest BCUT2D eigenvalue weighted by atomic mass is 9.90. The van der Waals surface area contributed by atoms with Crippen molar-refractivity contribution >= 4 is 57.5 Å². The minimum absolute atomic E-state index is 0.0121. The zero-order chi connectivity index (χ0) is 26.3. The zero-order valence-electron chi connectivity index (χ0n) is 21.0. The summed E-state index contributed by atoms with van der Waals surface area (Å²) in [6, 6.07) is 7.74. The van der Waals surface area contributed by atoms with Crippen molar-refractivity contribution < 1.29 is 22.3 Å². The molecule has 194 valence electrons. The molecule has 0 spiro atoms. The largest absolute Gasteiger partial charge is 0.495 e. The van der Waals surface area contributed by atoms with E-state index in [1.54, 1.807) is 31.3 Å². The fourth-order valence-electron chi connectivity index (χ4n) is 3.54. The topological polar surface area (TPSA) is 65.1 Å². The maximum atomic E-state index is 13.6. The summed E-state index contributed by atoms with van der Waals surface area (Å²) in [5, 5.41) is 0.692. The van der Waals surface area contributed by atoms with Gasteiger partial charge in [-0.25, -0.2) is 8.42 Å². The quantitative estimate of drug-likeness (QED) is 0.281. The van der Waals surface area contributed by atoms with Gasteiger partial charge in [-0.05, 0) is 55.2 Å². The van der Waals surface area contributed by atoms with E-state index in [0.717, 1.165) is 0 Å². The molecule has 0 N–H and O–H groups in total. The second-order valence-corrected chi connectivity index (χ2v) is 18.7. The zero-order valence-corrected chi connectivity index (χ0v) is 25.9. The first-order valence-corrected chi connectivity index (χ1v) is 17.1. The van der Waals surface area contributed by atoms with Gasteiger partial charge in [0.15, 0.2) is 14.1 Å². The predicted molar refractivity (Wildman–Crippen MR) is 147 cm³/mol. The van der Waals surface area contributed by atoms with E-state index < -0.39 is 18.3 Å². The van der Waals surface area contributed by atoms with Crippen LogP contribution in [0.2, 0.25) is 28.2 Å². The van der Waals surface area contributed by atoms with Crippen molar-refractivity contribution in [1.29, 1.82) is 0 Å². The molecule has 0 heterocycles. The molecule has 2 aromatic rings. The molecule has 1 fully saturated rings. The fraction of sp³-hybridized carbons (Fsp3) is 0.500. The molecule has 6 nitrogen and oxygen atoms in total. The van der Waals surface area contributed by atoms with Crippen molar-refractivity contribution in [2.24, 2.45) is 0 Å². The van der Waals surface area contributed by atoms with Crippen molar-refractivity contribution in [3.8, 4) is 17.2 Å². The molecule has 35 heavy (non-hydrogen) atoms. The highest BCUT2D eigenvalue weighted by Crippen LogP contribution is 2.43. The lowest BCUT2D eigenvalue weighted by Crippen LogP contribution is -2.53. The lowest BCUT2D eigenvalue weighted by Gasteiger charge is -2.46. The number of benzene rings is 2. The molecular weight excluding hydrogens is 593 g/mol. The summed E-state index contributed by atoms with van der Waals surface area (Å²) in [6.45, 7) is 11.0. The molecule has 11 heteroatoms. The first-order chi connectivity index (χ1) is 16.1. The van der Waals surface area contributed by atoms with Crippen LogP contribution in [0.25, 0.3) is 0 Å². The van der Waals surface area contributed by atoms with E-state index in [4.69, 9.17) is 37.1 Å². The van der Waals surface area contributed by atoms with E-state index in [9.17, 15) is 8.42 Å². The molecule has 3 rings (SSSR count). The Labute approximate surface area is 228 Å². The van der Waals surface area contributed by atoms with Crippen LogP contribution in [0.3, 0.4) is 0 Å². The average molecular weight is 625 g/mol. The molecule has 0 unspecified atom stereocenters. The van der Waals surface area contributed by atoms with Gasteiger partial charge in [0.25, 0.3) is 0 Å². The number of hydrogen-bond donors (Lipinski definition) is 0. The van der Waals surface area contributed by atoms with Gasteiger partial charge in [0.05, 0.1) is 17.2 Å². The van der Waals surface area contributed by atoms with Crippen molar-refractivity contribution in [3.63, 3.8) is 0 Å². The molecule has 0 saturated heterocycles. The Bertz CT molecular complexity index is 1170. The van der Waals surface area contributed by atoms with E-state index in [1.807, 2.05) is 0 Å². The van der Waals surface area contributed by atoms with Crippen LogP contribution in [0, 0.1) is 0 Å². The summed E-state index contributed by atoms with van der Waals surface area (Å²) in [7, 11) is -2.75. The Kier molecular flexibility index (Phi) is 8.64. The van der Waals surface area contributed by atoms with Crippen LogP contribution < -0.4 is 9.47 Å². The first kappa shape index (κ1) is 28.8. The minimum atomic E-state index is -3.87. The number of hydrogen-bond acceptors (Lipinski definition) is 5. The van der Waals surface area contributed by atoms with Crippen molar-refractivity contribution in [2.45, 2.75) is 68.8 Å². The number of ether oxygens (including phenoxy) is 2. The maximum Gasteiger partial charge on any atom is 0.246 e. The third-order valence-corrected chi connectivity index (χ3v) is 14.3. The van der Waals surface area contributed by atoms with E-state index in [2.05, 4.69) is 49.8 Å². The summed E-state index contributed by atoms with van der Waals surface area (Å²) < 4.78 is 47.0. The monoisotopic (exact) mass is 623 g/mol. The highest BCUT2D eigenvalue weighted by atomic mass is 79.9. The Hall–Kier alpha value is -0.813. The maximum absolute atomic E-state index is 13.6. The third-order valence-electron chi connectivity index (χ3n) is 6.83. The SMILES string of the molecule is COc1ccc(Oc2c(Cl)cc(Br)cc2Cl)cc1S(=O)(=O)N(C)C1CC(O[Si](C)(C)C(C)(C)C)C1. The van der Waals surface area contributed by atoms with E-state index in [0.29, 0.717) is 27.4 Å². The number of sulfonamides is 1. The van der Waals surface area contributed by atoms with Gasteiger partial charge in [-0.3, -0.25) is 0 Å². The second-order valence-electron chi connectivity index (χ2n) is 10.3. The van der Waals surface area contributed by atoms with Gasteiger partial charge in [-0.2, -0.15) is 4.31 Å². The van der Waals surface area contributed by atoms with Gasteiger partial charge < -0.3 is 13.9 Å². The molecule has 0 aliphatic heterocycles. The Balaban J connectivity index is 1.81. The summed E-state index contributed by atoms with van der Waals surface area (Å²) >= 11 is 15.9. The summed E-state index contributed by atoms with van der Waals surface area (Å²) in [5.74, 6) is 0.741. The van der Waals surface area contributed by atoms with Crippen LogP contribution in [0.4, 0.5) is 0 Å². The molecule has 2 aromatic carbocycles. The molecule has 0 amide bonds. The van der Waals surface area contributed by atoms with Crippen molar-refractivity contribution in [3.05, 3.63) is 44.8 Å². The van der Waals surface area contributed by atoms with Crippen molar-refractivity contribution in [2.75, 3.05) is 14.2 Å². The van der Waals surface area contributed by atoms with Crippen LogP contribution in [-0.2, 0) is 14.4 Å². The predicted octanol–water partition coefficient (Wildman–Crippen LogP) is 7.73. The van der Waals surface area contributed by atoms with Gasteiger partial charge in [-0.1, -0.05) is 59.9 Å². The van der Waals surface area contributed by atoms with E-state index in [1.165, 1.54) is 17.5 Å². The number of halogens is 3. The molecule has 1 aliphatic carbocycles. The molecule has 0 radical (unpaired) electrons. The number of methoxy groups -OCH3 is 1. The highest BCUT2D eigenvalue weighted by Gasteiger charge is 2.45. The van der Waals surface area contributed by atoms with Gasteiger partial charge in [0.2, 0.25) is 10.0 Å². The Morgan fingerprint density at radius 2 is 1.66 bits per heavy atom. The van der Waals surface area contributed by atoms with E-state index in [-0.39, 0.29) is 39.3 Å². The minimum Gasteiger partial charge on any atom is -0.495 e. The van der Waals surface area contributed by atoms with Gasteiger partial charge in [0.1, 0.15) is 16.4 Å². The lowest BCUT2D eigenvalue weighted by molar-refractivity contribution is 0.0485. The molecular formula is C24H32BrCl2NO5SSi. The van der Waals surface area contributed by atoms with E-state index >= 15 is 0 Å². The van der Waals surface area contributed by atoms with Gasteiger partial charge in [-0.15, -0.1) is 0 Å². The third kappa shape index (κ3) is 6.19. The second kappa shape index (κ2) is 10.5. The normalized spacial score (nSPS) is 18.9. The summed E-state index contributed by atoms with van der Waals surface area (Å²) in [5.41, 5.74) is 0. The van der Waals surface area contributed by atoms with Crippen LogP contribution >= 0.6 is 39.1 Å². The molecule has 0 atom stereocenters. The molecule has 0 aromatic heterocycles. The fourth-order valence-corrected chi connectivity index (χ4v) is 7.75. The van der Waals surface area contributed by atoms with Crippen LogP contribution in [0.1, 0.15) is 33.6 Å².